The molecule has 5 atom stereocenters. The molecule has 0 saturated heterocycles. The van der Waals surface area contributed by atoms with Crippen molar-refractivity contribution in [2.24, 2.45) is 11.5 Å². The van der Waals surface area contributed by atoms with E-state index in [2.05, 4.69) is 16.0 Å². The van der Waals surface area contributed by atoms with Crippen molar-refractivity contribution in [1.29, 1.82) is 0 Å². The summed E-state index contributed by atoms with van der Waals surface area (Å²) in [6.45, 7) is 2.36. The maximum atomic E-state index is 13.7. The molecule has 1 unspecified atom stereocenters. The van der Waals surface area contributed by atoms with E-state index >= 15 is 0 Å². The van der Waals surface area contributed by atoms with Gasteiger partial charge < -0.3 is 52.7 Å². The minimum Gasteiger partial charge on any atom is -0.480 e. The van der Waals surface area contributed by atoms with Crippen LogP contribution in [0.15, 0.2) is 0 Å². The smallest absolute Gasteiger partial charge is 0.323 e. The molecule has 0 saturated carbocycles. The molecule has 0 aliphatic rings. The number of carbonyl (C=O) groups excluding carboxylic acids is 4. The van der Waals surface area contributed by atoms with Gasteiger partial charge in [-0.05, 0) is 26.2 Å². The van der Waals surface area contributed by atoms with Crippen LogP contribution in [-0.4, -0.2) is 128 Å². The molecular formula is C28H48N6O12S2. The van der Waals surface area contributed by atoms with Crippen molar-refractivity contribution < 1.29 is 58.8 Å². The Morgan fingerprint density at radius 2 is 1.21 bits per heavy atom. The zero-order chi connectivity index (χ0) is 36.8. The fraction of sp³-hybridized carbons (Fsp3) is 0.714. The lowest BCUT2D eigenvalue weighted by atomic mass is 10.1. The molecule has 274 valence electrons. The molecule has 0 aliphatic heterocycles. The molecule has 0 rings (SSSR count). The van der Waals surface area contributed by atoms with Gasteiger partial charge in [0.1, 0.15) is 37.3 Å². The van der Waals surface area contributed by atoms with E-state index in [0.29, 0.717) is 6.42 Å². The average Bonchev–Trinajstić information content (AvgIpc) is 3.02. The first-order chi connectivity index (χ1) is 22.5. The minimum absolute atomic E-state index is 0.135. The lowest BCUT2D eigenvalue weighted by Gasteiger charge is -2.31. The summed E-state index contributed by atoms with van der Waals surface area (Å²) in [5.74, 6) is -8.47. The zero-order valence-electron chi connectivity index (χ0n) is 27.1. The molecule has 0 aromatic heterocycles. The fourth-order valence-corrected chi connectivity index (χ4v) is 6.37. The van der Waals surface area contributed by atoms with Crippen LogP contribution in [0.4, 0.5) is 0 Å². The minimum atomic E-state index is -1.34. The highest BCUT2D eigenvalue weighted by Crippen LogP contribution is 2.24. The van der Waals surface area contributed by atoms with Gasteiger partial charge >= 0.3 is 23.9 Å². The predicted molar refractivity (Wildman–Crippen MR) is 177 cm³/mol. The van der Waals surface area contributed by atoms with Crippen LogP contribution in [0.2, 0.25) is 0 Å². The van der Waals surface area contributed by atoms with Crippen molar-refractivity contribution >= 4 is 69.1 Å². The molecule has 0 aliphatic carbocycles. The number of hydrogen-bond acceptors (Lipinski definition) is 12. The molecule has 0 bridgehead atoms. The van der Waals surface area contributed by atoms with Crippen LogP contribution in [-0.2, 0) is 38.4 Å². The largest absolute Gasteiger partial charge is 0.480 e. The topological polar surface area (TPSA) is 309 Å². The van der Waals surface area contributed by atoms with Crippen LogP contribution in [0.25, 0.3) is 0 Å². The van der Waals surface area contributed by atoms with Crippen LogP contribution in [0.1, 0.15) is 71.6 Å². The first kappa shape index (κ1) is 44.4. The molecule has 18 nitrogen and oxygen atoms in total. The Bertz CT molecular complexity index is 1110. The molecule has 20 heteroatoms. The first-order valence-corrected chi connectivity index (χ1v) is 17.8. The van der Waals surface area contributed by atoms with Gasteiger partial charge in [0.2, 0.25) is 23.6 Å². The Hall–Kier alpha value is -3.62. The Labute approximate surface area is 286 Å². The van der Waals surface area contributed by atoms with E-state index in [-0.39, 0.29) is 37.2 Å². The van der Waals surface area contributed by atoms with Gasteiger partial charge in [0.05, 0.1) is 0 Å². The van der Waals surface area contributed by atoms with Crippen LogP contribution < -0.4 is 27.4 Å². The van der Waals surface area contributed by atoms with E-state index in [1.807, 2.05) is 6.92 Å². The third-order valence-corrected chi connectivity index (χ3v) is 9.27. The third kappa shape index (κ3) is 19.9. The number of amides is 4. The molecule has 0 aromatic carbocycles. The van der Waals surface area contributed by atoms with E-state index in [1.54, 1.807) is 6.92 Å². The molecule has 0 fully saturated rings. The van der Waals surface area contributed by atoms with Crippen molar-refractivity contribution in [2.45, 2.75) is 102 Å². The summed E-state index contributed by atoms with van der Waals surface area (Å²) in [6.07, 6.45) is 2.98. The zero-order valence-corrected chi connectivity index (χ0v) is 28.7. The summed E-state index contributed by atoms with van der Waals surface area (Å²) in [5, 5.41) is 43.4. The Kier molecular flexibility index (Phi) is 22.7. The summed E-state index contributed by atoms with van der Waals surface area (Å²) < 4.78 is 0. The summed E-state index contributed by atoms with van der Waals surface area (Å²) >= 11 is 0. The average molecular weight is 725 g/mol. The maximum Gasteiger partial charge on any atom is 0.323 e. The van der Waals surface area contributed by atoms with E-state index in [9.17, 15) is 43.5 Å². The van der Waals surface area contributed by atoms with Crippen LogP contribution in [0, 0.1) is 0 Å². The highest BCUT2D eigenvalue weighted by Gasteiger charge is 2.31. The fourth-order valence-electron chi connectivity index (χ4n) is 4.05. The predicted octanol–water partition coefficient (Wildman–Crippen LogP) is -0.805. The summed E-state index contributed by atoms with van der Waals surface area (Å²) in [6, 6.07) is -5.66. The van der Waals surface area contributed by atoms with Gasteiger partial charge in [-0.3, -0.25) is 38.4 Å². The molecular weight excluding hydrogens is 676 g/mol. The molecule has 0 heterocycles. The van der Waals surface area contributed by atoms with E-state index in [1.165, 1.54) is 0 Å². The number of carboxylic acids is 4. The number of rotatable bonds is 27. The van der Waals surface area contributed by atoms with Crippen LogP contribution >= 0.6 is 21.6 Å². The number of carbonyl (C=O) groups is 8. The third-order valence-electron chi connectivity index (χ3n) is 6.85. The summed E-state index contributed by atoms with van der Waals surface area (Å²) in [7, 11) is 1.98. The molecule has 4 amide bonds. The van der Waals surface area contributed by atoms with Gasteiger partial charge in [0.15, 0.2) is 0 Å². The highest BCUT2D eigenvalue weighted by atomic mass is 33.1. The first-order valence-electron chi connectivity index (χ1n) is 15.3. The normalized spacial score (nSPS) is 14.0. The number of nitrogens with two attached hydrogens (primary N) is 2. The van der Waals surface area contributed by atoms with Gasteiger partial charge in [0, 0.05) is 30.4 Å². The van der Waals surface area contributed by atoms with Crippen molar-refractivity contribution in [3.8, 4) is 0 Å². The van der Waals surface area contributed by atoms with Crippen LogP contribution in [0.5, 0.6) is 0 Å². The van der Waals surface area contributed by atoms with Crippen molar-refractivity contribution in [1.82, 2.24) is 20.9 Å². The Morgan fingerprint density at radius 3 is 1.67 bits per heavy atom. The van der Waals surface area contributed by atoms with Crippen molar-refractivity contribution in [3.05, 3.63) is 0 Å². The monoisotopic (exact) mass is 724 g/mol. The molecule has 11 N–H and O–H groups in total. The van der Waals surface area contributed by atoms with E-state index < -0.39 is 90.8 Å². The second-order valence-corrected chi connectivity index (χ2v) is 13.5. The number of carboxylic acid groups (broad SMARTS) is 4. The van der Waals surface area contributed by atoms with Crippen molar-refractivity contribution in [3.63, 3.8) is 0 Å². The second kappa shape index (κ2) is 24.5. The number of unbranched alkanes of at least 4 members (excludes halogenated alkanes) is 3. The Morgan fingerprint density at radius 1 is 0.708 bits per heavy atom. The number of hydrogen-bond donors (Lipinski definition) is 9. The second-order valence-electron chi connectivity index (χ2n) is 10.9. The van der Waals surface area contributed by atoms with Gasteiger partial charge in [-0.1, -0.05) is 54.2 Å². The van der Waals surface area contributed by atoms with Gasteiger partial charge in [-0.25, -0.2) is 0 Å². The molecule has 0 radical (unpaired) electrons. The summed E-state index contributed by atoms with van der Waals surface area (Å²) in [5.41, 5.74) is 10.9. The number of nitrogens with zero attached hydrogens (tertiary/aromatic N) is 1. The van der Waals surface area contributed by atoms with Crippen molar-refractivity contribution in [2.75, 3.05) is 24.6 Å². The molecule has 48 heavy (non-hydrogen) atoms. The van der Waals surface area contributed by atoms with E-state index in [0.717, 1.165) is 52.2 Å². The SMILES string of the molecule is CCCCCCC(C)N(CC(=O)O)C(=O)[C@H](CSSC[C@H](NC(=O)CC[C@H](N)C(=O)O)C(=O)NCC(=O)O)NC(=O)CC[C@H](N)C(=O)O. The lowest BCUT2D eigenvalue weighted by Crippen LogP contribution is -2.54. The molecule has 0 aromatic rings. The van der Waals surface area contributed by atoms with Gasteiger partial charge in [-0.15, -0.1) is 0 Å². The van der Waals surface area contributed by atoms with E-state index in [4.69, 9.17) is 26.8 Å². The lowest BCUT2D eigenvalue weighted by molar-refractivity contribution is -0.147. The number of aliphatic carboxylic acids is 4. The Balaban J connectivity index is 5.80. The maximum absolute atomic E-state index is 13.7. The quantitative estimate of drug-likeness (QED) is 0.0370. The van der Waals surface area contributed by atoms with Crippen LogP contribution in [0.3, 0.4) is 0 Å². The number of nitrogens with one attached hydrogen (secondary N) is 3. The summed E-state index contributed by atoms with van der Waals surface area (Å²) in [4.78, 5) is 97.2. The van der Waals surface area contributed by atoms with Gasteiger partial charge in [0.25, 0.3) is 0 Å². The standard InChI is InChI=1S/C28H48N6O12S2/c1-3-4-5-6-7-16(2)34(13-24(39)40)26(42)20(33-22(36)11-9-18(30)28(45)46)15-48-47-14-19(25(41)31-12-23(37)38)32-21(35)10-8-17(29)27(43)44/h16-20H,3-15,29-30H2,1-2H3,(H,31,41)(H,32,35)(H,33,36)(H,37,38)(H,39,40)(H,43,44)(H,45,46)/t16?,17-,18-,19-,20-/m0/s1. The highest BCUT2D eigenvalue weighted by molar-refractivity contribution is 8.76. The van der Waals surface area contributed by atoms with Gasteiger partial charge in [-0.2, -0.15) is 0 Å². The molecule has 0 spiro atoms.